The molecule has 0 rings (SSSR count). The van der Waals surface area contributed by atoms with Gasteiger partial charge in [-0.05, 0) is 154 Å². The van der Waals surface area contributed by atoms with E-state index in [0.29, 0.717) is 12.8 Å². The molecule has 9 nitrogen and oxygen atoms in total. The van der Waals surface area contributed by atoms with Crippen molar-refractivity contribution in [2.45, 2.75) is 187 Å². The Hall–Kier alpha value is -5.67. The molecule has 3 N–H and O–H groups in total. The van der Waals surface area contributed by atoms with Gasteiger partial charge in [-0.3, -0.25) is 18.6 Å². The largest absolute Gasteiger partial charge is 0.472 e. The van der Waals surface area contributed by atoms with E-state index in [1.807, 2.05) is 0 Å². The van der Waals surface area contributed by atoms with Crippen LogP contribution in [0.25, 0.3) is 0 Å². The predicted octanol–water partition coefficient (Wildman–Crippen LogP) is 19.7. The summed E-state index contributed by atoms with van der Waals surface area (Å²) in [5.74, 6) is -0.953. The van der Waals surface area contributed by atoms with Crippen molar-refractivity contribution >= 4 is 19.8 Å². The maximum atomic E-state index is 12.7. The molecule has 0 spiro atoms. The van der Waals surface area contributed by atoms with Crippen LogP contribution in [0, 0.1) is 0 Å². The minimum absolute atomic E-state index is 0.0267. The fourth-order valence-corrected chi connectivity index (χ4v) is 7.74. The van der Waals surface area contributed by atoms with Gasteiger partial charge in [0.15, 0.2) is 6.10 Å². The minimum Gasteiger partial charge on any atom is -0.462 e. The smallest absolute Gasteiger partial charge is 0.462 e. The van der Waals surface area contributed by atoms with Gasteiger partial charge in [0.2, 0.25) is 0 Å². The van der Waals surface area contributed by atoms with E-state index in [4.69, 9.17) is 24.3 Å². The van der Waals surface area contributed by atoms with Gasteiger partial charge >= 0.3 is 19.8 Å². The van der Waals surface area contributed by atoms with Crippen molar-refractivity contribution in [2.75, 3.05) is 26.4 Å². The molecule has 2 unspecified atom stereocenters. The van der Waals surface area contributed by atoms with Gasteiger partial charge in [0.25, 0.3) is 0 Å². The van der Waals surface area contributed by atoms with Gasteiger partial charge in [-0.15, -0.1) is 0 Å². The summed E-state index contributed by atoms with van der Waals surface area (Å²) in [6.45, 7) is 3.36. The number of esters is 2. The molecule has 0 aliphatic carbocycles. The van der Waals surface area contributed by atoms with E-state index in [-0.39, 0.29) is 32.6 Å². The number of rotatable bonds is 53. The van der Waals surface area contributed by atoms with Gasteiger partial charge in [0.05, 0.1) is 13.2 Å². The lowest BCUT2D eigenvalue weighted by Gasteiger charge is -2.19. The highest BCUT2D eigenvalue weighted by Crippen LogP contribution is 2.43. The zero-order valence-electron chi connectivity index (χ0n) is 49.9. The molecule has 2 atom stereocenters. The monoisotopic (exact) mass is 1130 g/mol. The molecule has 0 amide bonds. The van der Waals surface area contributed by atoms with Gasteiger partial charge in [-0.2, -0.15) is 0 Å². The van der Waals surface area contributed by atoms with Gasteiger partial charge in [0.1, 0.15) is 6.61 Å². The van der Waals surface area contributed by atoms with E-state index in [2.05, 4.69) is 233 Å². The number of phosphoric acid groups is 1. The number of ether oxygens (including phenoxy) is 2. The van der Waals surface area contributed by atoms with Crippen LogP contribution in [-0.4, -0.2) is 49.3 Å². The number of nitrogens with two attached hydrogens (primary N) is 1. The Kier molecular flexibility index (Phi) is 59.1. The van der Waals surface area contributed by atoms with Crippen LogP contribution in [-0.2, 0) is 32.7 Å². The second-order valence-electron chi connectivity index (χ2n) is 18.7. The lowest BCUT2D eigenvalue weighted by Crippen LogP contribution is -2.29. The summed E-state index contributed by atoms with van der Waals surface area (Å²) < 4.78 is 32.9. The lowest BCUT2D eigenvalue weighted by atomic mass is 10.1. The van der Waals surface area contributed by atoms with E-state index in [9.17, 15) is 19.0 Å². The first-order chi connectivity index (χ1) is 39.8. The minimum atomic E-state index is -4.43. The Labute approximate surface area is 492 Å². The number of allylic oxidation sites excluding steroid dienone is 36. The standard InChI is InChI=1S/C71H106NO8P/c1-3-5-7-9-11-13-15-17-19-21-23-25-26-27-28-29-30-31-32-33-34-35-36-37-38-39-40-41-42-44-46-48-50-52-54-56-58-60-62-64-71(74)80-69(68-79-81(75,76)78-66-65-72)67-77-70(73)63-61-59-57-55-53-51-49-47-45-43-24-22-20-18-16-14-12-10-8-6-4-2/h5-8,11-14,17-20,23-25,27-28,30-31,33-34,36-37,39-40,42-44,47-50,53-56,69H,3-4,9-10,15-16,21-22,26,29,32,35,38,41,45-46,51-52,57-68,72H2,1-2H3,(H,75,76)/b7-5-,8-6-,13-11-,14-12-,19-17-,20-18-,25-23-,28-27-,31-30-,34-33-,37-36-,40-39-,43-24-,44-42-,49-47-,50-48-,55-53-,56-54-. The van der Waals surface area contributed by atoms with E-state index in [1.54, 1.807) is 0 Å². The maximum absolute atomic E-state index is 12.7. The van der Waals surface area contributed by atoms with E-state index in [1.165, 1.54) is 0 Å². The lowest BCUT2D eigenvalue weighted by molar-refractivity contribution is -0.161. The molecule has 0 aliphatic rings. The van der Waals surface area contributed by atoms with Crippen LogP contribution in [0.15, 0.2) is 219 Å². The van der Waals surface area contributed by atoms with Crippen molar-refractivity contribution in [3.63, 3.8) is 0 Å². The van der Waals surface area contributed by atoms with Gasteiger partial charge in [-0.1, -0.05) is 233 Å². The molecule has 448 valence electrons. The normalized spacial score (nSPS) is 14.6. The molecule has 0 heterocycles. The number of hydrogen-bond acceptors (Lipinski definition) is 8. The third-order valence-corrected chi connectivity index (χ3v) is 12.3. The Balaban J connectivity index is 4.19. The third-order valence-electron chi connectivity index (χ3n) is 11.4. The van der Waals surface area contributed by atoms with E-state index >= 15 is 0 Å². The zero-order valence-corrected chi connectivity index (χ0v) is 50.8. The van der Waals surface area contributed by atoms with Crippen molar-refractivity contribution in [2.24, 2.45) is 5.73 Å². The number of carbonyl (C=O) groups excluding carboxylic acids is 2. The van der Waals surface area contributed by atoms with Crippen molar-refractivity contribution in [1.82, 2.24) is 0 Å². The van der Waals surface area contributed by atoms with Crippen LogP contribution in [0.3, 0.4) is 0 Å². The van der Waals surface area contributed by atoms with E-state index < -0.39 is 32.5 Å². The summed E-state index contributed by atoms with van der Waals surface area (Å²) >= 11 is 0. The van der Waals surface area contributed by atoms with Crippen molar-refractivity contribution in [3.8, 4) is 0 Å². The highest BCUT2D eigenvalue weighted by Gasteiger charge is 2.26. The molecule has 0 aromatic carbocycles. The molecular weight excluding hydrogens is 1030 g/mol. The highest BCUT2D eigenvalue weighted by atomic mass is 31.2. The van der Waals surface area contributed by atoms with Crippen molar-refractivity contribution in [3.05, 3.63) is 219 Å². The first-order valence-electron chi connectivity index (χ1n) is 30.2. The first-order valence-corrected chi connectivity index (χ1v) is 31.7. The zero-order chi connectivity index (χ0) is 58.7. The fourth-order valence-electron chi connectivity index (χ4n) is 6.97. The van der Waals surface area contributed by atoms with Crippen LogP contribution in [0.5, 0.6) is 0 Å². The number of carbonyl (C=O) groups is 2. The molecule has 0 saturated heterocycles. The second kappa shape index (κ2) is 63.5. The Morgan fingerprint density at radius 1 is 0.370 bits per heavy atom. The SMILES string of the molecule is CC/C=C\C/C=C\C/C=C\C/C=C\C/C=C\C/C=C\C/C=C\C/C=C\C/C=C\C/C=C\C/C=C\C/C=C\CCCCC(=O)OC(COC(=O)CCCC/C=C\C/C=C\C/C=C\C/C=C\C/C=C\C/C=C\CC)COP(=O)(O)OCCN. The summed E-state index contributed by atoms with van der Waals surface area (Å²) in [6.07, 6.45) is 100. The Morgan fingerprint density at radius 3 is 0.901 bits per heavy atom. The topological polar surface area (TPSA) is 134 Å². The average Bonchev–Trinajstić information content (AvgIpc) is 3.46. The molecule has 0 aromatic heterocycles. The number of phosphoric ester groups is 1. The Bertz CT molecular complexity index is 2120. The molecule has 81 heavy (non-hydrogen) atoms. The van der Waals surface area contributed by atoms with Crippen LogP contribution in [0.4, 0.5) is 0 Å². The highest BCUT2D eigenvalue weighted by molar-refractivity contribution is 7.47. The van der Waals surface area contributed by atoms with Crippen LogP contribution < -0.4 is 5.73 Å². The summed E-state index contributed by atoms with van der Waals surface area (Å²) in [7, 11) is -4.43. The summed E-state index contributed by atoms with van der Waals surface area (Å²) in [4.78, 5) is 35.2. The van der Waals surface area contributed by atoms with E-state index in [0.717, 1.165) is 141 Å². The summed E-state index contributed by atoms with van der Waals surface area (Å²) in [5.41, 5.74) is 5.37. The third kappa shape index (κ3) is 63.4. The predicted molar refractivity (Wildman–Crippen MR) is 348 cm³/mol. The van der Waals surface area contributed by atoms with Crippen molar-refractivity contribution < 1.29 is 37.6 Å². The fraction of sp³-hybridized carbons (Fsp3) is 0.465. The summed E-state index contributed by atoms with van der Waals surface area (Å²) in [6, 6.07) is 0. The Morgan fingerprint density at radius 2 is 0.630 bits per heavy atom. The van der Waals surface area contributed by atoms with Gasteiger partial charge in [-0.25, -0.2) is 4.57 Å². The molecule has 0 aliphatic heterocycles. The molecule has 0 aromatic rings. The molecule has 0 fully saturated rings. The van der Waals surface area contributed by atoms with Gasteiger partial charge < -0.3 is 20.1 Å². The average molecular weight is 1130 g/mol. The summed E-state index contributed by atoms with van der Waals surface area (Å²) in [5, 5.41) is 0. The molecule has 0 radical (unpaired) electrons. The first kappa shape index (κ1) is 75.3. The molecule has 0 saturated carbocycles. The van der Waals surface area contributed by atoms with Crippen LogP contribution >= 0.6 is 7.82 Å². The maximum Gasteiger partial charge on any atom is 0.472 e. The van der Waals surface area contributed by atoms with Crippen LogP contribution in [0.1, 0.15) is 181 Å². The van der Waals surface area contributed by atoms with Crippen LogP contribution in [0.2, 0.25) is 0 Å². The molecule has 0 bridgehead atoms. The molecule has 10 heteroatoms. The number of hydrogen-bond donors (Lipinski definition) is 2. The van der Waals surface area contributed by atoms with Crippen molar-refractivity contribution in [1.29, 1.82) is 0 Å². The second-order valence-corrected chi connectivity index (χ2v) is 20.2. The van der Waals surface area contributed by atoms with Gasteiger partial charge in [0, 0.05) is 19.4 Å². The quantitative estimate of drug-likeness (QED) is 0.0264. The number of unbranched alkanes of at least 4 members (excludes halogenated alkanes) is 4. The molecular formula is C71H106NO8P.